The highest BCUT2D eigenvalue weighted by Crippen LogP contribution is 2.41. The van der Waals surface area contributed by atoms with Gasteiger partial charge in [-0.25, -0.2) is 0 Å². The summed E-state index contributed by atoms with van der Waals surface area (Å²) in [5.41, 5.74) is 10.4. The zero-order valence-electron chi connectivity index (χ0n) is 10.2. The lowest BCUT2D eigenvalue weighted by molar-refractivity contribution is 0.439. The molecule has 1 aromatic carbocycles. The first-order chi connectivity index (χ1) is 9.18. The highest BCUT2D eigenvalue weighted by Gasteiger charge is 2.20. The van der Waals surface area contributed by atoms with E-state index in [1.165, 1.54) is 0 Å². The predicted molar refractivity (Wildman–Crippen MR) is 79.4 cm³/mol. The Kier molecular flexibility index (Phi) is 3.05. The van der Waals surface area contributed by atoms with Crippen LogP contribution in [0.5, 0.6) is 0 Å². The number of hydrogen-bond donors (Lipinski definition) is 1. The number of anilines is 1. The zero-order chi connectivity index (χ0) is 13.4. The second kappa shape index (κ2) is 4.72. The third-order valence-electron chi connectivity index (χ3n) is 2.97. The first kappa shape index (κ1) is 12.3. The SMILES string of the molecule is Cc1cscc1-c1noc(N)c1-c1ccccc1Cl. The van der Waals surface area contributed by atoms with Gasteiger partial charge in [-0.05, 0) is 23.9 Å². The van der Waals surface area contributed by atoms with Crippen molar-refractivity contribution in [2.75, 3.05) is 5.73 Å². The molecule has 0 spiro atoms. The van der Waals surface area contributed by atoms with Crippen molar-refractivity contribution in [3.8, 4) is 22.4 Å². The predicted octanol–water partition coefficient (Wildman–Crippen LogP) is 4.61. The van der Waals surface area contributed by atoms with Gasteiger partial charge in [-0.2, -0.15) is 11.3 Å². The largest absolute Gasteiger partial charge is 0.367 e. The molecule has 2 N–H and O–H groups in total. The Labute approximate surface area is 119 Å². The Morgan fingerprint density at radius 1 is 1.21 bits per heavy atom. The summed E-state index contributed by atoms with van der Waals surface area (Å²) in [7, 11) is 0. The Morgan fingerprint density at radius 2 is 2.00 bits per heavy atom. The zero-order valence-corrected chi connectivity index (χ0v) is 11.8. The summed E-state index contributed by atoms with van der Waals surface area (Å²) in [6.07, 6.45) is 0. The summed E-state index contributed by atoms with van der Waals surface area (Å²) in [5, 5.41) is 8.82. The molecule has 0 radical (unpaired) electrons. The van der Waals surface area contributed by atoms with E-state index in [0.29, 0.717) is 5.02 Å². The van der Waals surface area contributed by atoms with Crippen LogP contribution in [-0.2, 0) is 0 Å². The van der Waals surface area contributed by atoms with Crippen LogP contribution in [0.3, 0.4) is 0 Å². The molecule has 19 heavy (non-hydrogen) atoms. The maximum Gasteiger partial charge on any atom is 0.230 e. The molecule has 0 saturated carbocycles. The summed E-state index contributed by atoms with van der Waals surface area (Å²) >= 11 is 7.86. The quantitative estimate of drug-likeness (QED) is 0.749. The second-order valence-electron chi connectivity index (χ2n) is 4.22. The van der Waals surface area contributed by atoms with Crippen molar-refractivity contribution < 1.29 is 4.52 Å². The van der Waals surface area contributed by atoms with Gasteiger partial charge in [-0.3, -0.25) is 0 Å². The number of nitrogens with two attached hydrogens (primary N) is 1. The third kappa shape index (κ3) is 2.03. The molecule has 0 fully saturated rings. The van der Waals surface area contributed by atoms with Gasteiger partial charge in [0.1, 0.15) is 5.69 Å². The topological polar surface area (TPSA) is 52.0 Å². The van der Waals surface area contributed by atoms with Gasteiger partial charge in [-0.1, -0.05) is 35.0 Å². The van der Waals surface area contributed by atoms with Crippen molar-refractivity contribution in [1.29, 1.82) is 0 Å². The number of hydrogen-bond acceptors (Lipinski definition) is 4. The van der Waals surface area contributed by atoms with E-state index < -0.39 is 0 Å². The lowest BCUT2D eigenvalue weighted by Crippen LogP contribution is -1.88. The van der Waals surface area contributed by atoms with Crippen LogP contribution in [0, 0.1) is 6.92 Å². The van der Waals surface area contributed by atoms with E-state index in [4.69, 9.17) is 21.9 Å². The van der Waals surface area contributed by atoms with Gasteiger partial charge in [-0.15, -0.1) is 0 Å². The lowest BCUT2D eigenvalue weighted by atomic mass is 10.0. The monoisotopic (exact) mass is 290 g/mol. The van der Waals surface area contributed by atoms with E-state index in [1.807, 2.05) is 36.6 Å². The fraction of sp³-hybridized carbons (Fsp3) is 0.0714. The van der Waals surface area contributed by atoms with E-state index in [0.717, 1.165) is 27.9 Å². The van der Waals surface area contributed by atoms with Crippen molar-refractivity contribution in [3.63, 3.8) is 0 Å². The molecule has 2 heterocycles. The van der Waals surface area contributed by atoms with Crippen molar-refractivity contribution in [2.24, 2.45) is 0 Å². The molecular weight excluding hydrogens is 280 g/mol. The molecule has 3 nitrogen and oxygen atoms in total. The Hall–Kier alpha value is -1.78. The van der Waals surface area contributed by atoms with Crippen LogP contribution in [0.2, 0.25) is 5.02 Å². The molecule has 0 aliphatic carbocycles. The average Bonchev–Trinajstić information content (AvgIpc) is 2.96. The second-order valence-corrected chi connectivity index (χ2v) is 5.37. The summed E-state index contributed by atoms with van der Waals surface area (Å²) in [4.78, 5) is 0. The van der Waals surface area contributed by atoms with Gasteiger partial charge >= 0.3 is 0 Å². The summed E-state index contributed by atoms with van der Waals surface area (Å²) in [6.45, 7) is 2.03. The van der Waals surface area contributed by atoms with Crippen LogP contribution in [0.4, 0.5) is 5.88 Å². The maximum atomic E-state index is 6.24. The minimum Gasteiger partial charge on any atom is -0.367 e. The van der Waals surface area contributed by atoms with E-state index in [-0.39, 0.29) is 5.88 Å². The van der Waals surface area contributed by atoms with E-state index in [1.54, 1.807) is 11.3 Å². The summed E-state index contributed by atoms with van der Waals surface area (Å²) < 4.78 is 5.16. The lowest BCUT2D eigenvalue weighted by Gasteiger charge is -2.04. The van der Waals surface area contributed by atoms with Crippen molar-refractivity contribution in [2.45, 2.75) is 6.92 Å². The molecule has 0 amide bonds. The molecule has 3 rings (SSSR count). The molecule has 0 bridgehead atoms. The van der Waals surface area contributed by atoms with Gasteiger partial charge in [0.2, 0.25) is 5.88 Å². The van der Waals surface area contributed by atoms with Gasteiger partial charge < -0.3 is 10.3 Å². The fourth-order valence-electron chi connectivity index (χ4n) is 2.01. The fourth-order valence-corrected chi connectivity index (χ4v) is 3.08. The summed E-state index contributed by atoms with van der Waals surface area (Å²) in [5.74, 6) is 0.286. The highest BCUT2D eigenvalue weighted by molar-refractivity contribution is 7.08. The number of nitrogen functional groups attached to an aromatic ring is 1. The molecule has 3 aromatic rings. The highest BCUT2D eigenvalue weighted by atomic mass is 35.5. The van der Waals surface area contributed by atoms with Gasteiger partial charge in [0, 0.05) is 21.5 Å². The van der Waals surface area contributed by atoms with Crippen LogP contribution in [0.25, 0.3) is 22.4 Å². The van der Waals surface area contributed by atoms with Crippen LogP contribution in [-0.4, -0.2) is 5.16 Å². The third-order valence-corrected chi connectivity index (χ3v) is 4.16. The van der Waals surface area contributed by atoms with Crippen LogP contribution < -0.4 is 5.73 Å². The number of aryl methyl sites for hydroxylation is 1. The number of benzene rings is 1. The van der Waals surface area contributed by atoms with E-state index in [2.05, 4.69) is 10.5 Å². The van der Waals surface area contributed by atoms with E-state index in [9.17, 15) is 0 Å². The van der Waals surface area contributed by atoms with Gasteiger partial charge in [0.15, 0.2) is 0 Å². The Balaban J connectivity index is 2.26. The first-order valence-electron chi connectivity index (χ1n) is 5.71. The van der Waals surface area contributed by atoms with Crippen molar-refractivity contribution >= 4 is 28.8 Å². The normalized spacial score (nSPS) is 10.8. The maximum absolute atomic E-state index is 6.24. The molecule has 0 saturated heterocycles. The van der Waals surface area contributed by atoms with Crippen molar-refractivity contribution in [1.82, 2.24) is 5.16 Å². The van der Waals surface area contributed by atoms with Gasteiger partial charge in [0.05, 0.1) is 5.56 Å². The van der Waals surface area contributed by atoms with Crippen LogP contribution in [0.15, 0.2) is 39.5 Å². The molecule has 2 aromatic heterocycles. The molecule has 96 valence electrons. The minimum atomic E-state index is 0.286. The van der Waals surface area contributed by atoms with Crippen molar-refractivity contribution in [3.05, 3.63) is 45.6 Å². The average molecular weight is 291 g/mol. The number of nitrogens with zero attached hydrogens (tertiary/aromatic N) is 1. The number of rotatable bonds is 2. The molecule has 0 unspecified atom stereocenters. The number of thiophene rings is 1. The Bertz CT molecular complexity index is 733. The molecular formula is C14H11ClN2OS. The van der Waals surface area contributed by atoms with E-state index >= 15 is 0 Å². The molecule has 0 atom stereocenters. The van der Waals surface area contributed by atoms with Crippen LogP contribution >= 0.6 is 22.9 Å². The standard InChI is InChI=1S/C14H11ClN2OS/c1-8-6-19-7-10(8)13-12(14(16)18-17-13)9-4-2-3-5-11(9)15/h2-7H,16H2,1H3. The molecule has 0 aliphatic heterocycles. The summed E-state index contributed by atoms with van der Waals surface area (Å²) in [6, 6.07) is 7.53. The molecule has 0 aliphatic rings. The smallest absolute Gasteiger partial charge is 0.230 e. The number of halogens is 1. The first-order valence-corrected chi connectivity index (χ1v) is 7.03. The minimum absolute atomic E-state index is 0.286. The Morgan fingerprint density at radius 3 is 2.68 bits per heavy atom. The number of aromatic nitrogens is 1. The van der Waals surface area contributed by atoms with Crippen LogP contribution in [0.1, 0.15) is 5.56 Å². The molecule has 5 heteroatoms. The van der Waals surface area contributed by atoms with Gasteiger partial charge in [0.25, 0.3) is 0 Å².